The fourth-order valence-electron chi connectivity index (χ4n) is 4.96. The fourth-order valence-corrected chi connectivity index (χ4v) is 6.44. The predicted octanol–water partition coefficient (Wildman–Crippen LogP) is 1.86. The van der Waals surface area contributed by atoms with Crippen molar-refractivity contribution in [3.63, 3.8) is 0 Å². The van der Waals surface area contributed by atoms with Crippen molar-refractivity contribution < 1.29 is 17.9 Å². The van der Waals surface area contributed by atoms with Gasteiger partial charge in [-0.25, -0.2) is 13.4 Å². The highest BCUT2D eigenvalue weighted by Crippen LogP contribution is 2.23. The number of hydrogen-bond acceptors (Lipinski definition) is 6. The molecule has 2 aliphatic rings. The Morgan fingerprint density at radius 2 is 1.91 bits per heavy atom. The summed E-state index contributed by atoms with van der Waals surface area (Å²) in [5, 5.41) is 0. The largest absolute Gasteiger partial charge is 0.377 e. The Balaban J connectivity index is 1.36. The summed E-state index contributed by atoms with van der Waals surface area (Å²) in [5.74, 6) is 0.936. The standard InChI is InChI=1S/C24H37N5O4S/c1-4-29(5-2)34(31,32)20-8-9-22-21(17-20)25-23(26(22)3)10-11-24(30)28-14-12-27(13-15-28)18-19-7-6-16-33-19/h8-9,17,19H,4-7,10-16,18H2,1-3H3. The Bertz CT molecular complexity index is 1100. The van der Waals surface area contributed by atoms with Crippen LogP contribution in [0.5, 0.6) is 0 Å². The van der Waals surface area contributed by atoms with Crippen molar-refractivity contribution in [3.05, 3.63) is 24.0 Å². The number of carbonyl (C=O) groups is 1. The molecule has 1 aromatic carbocycles. The third-order valence-corrected chi connectivity index (χ3v) is 9.11. The molecule has 0 radical (unpaired) electrons. The summed E-state index contributed by atoms with van der Waals surface area (Å²) in [4.78, 5) is 22.1. The summed E-state index contributed by atoms with van der Waals surface area (Å²) in [6.07, 6.45) is 3.56. The van der Waals surface area contributed by atoms with Crippen LogP contribution < -0.4 is 0 Å². The van der Waals surface area contributed by atoms with Gasteiger partial charge in [0.25, 0.3) is 0 Å². The van der Waals surface area contributed by atoms with E-state index in [9.17, 15) is 13.2 Å². The topological polar surface area (TPSA) is 88.0 Å². The van der Waals surface area contributed by atoms with E-state index in [1.807, 2.05) is 30.4 Å². The number of fused-ring (bicyclic) bond motifs is 1. The third kappa shape index (κ3) is 5.30. The maximum atomic E-state index is 12.9. The zero-order chi connectivity index (χ0) is 24.3. The number of piperazine rings is 1. The number of benzene rings is 1. The van der Waals surface area contributed by atoms with Gasteiger partial charge in [0.1, 0.15) is 5.82 Å². The maximum absolute atomic E-state index is 12.9. The van der Waals surface area contributed by atoms with Gasteiger partial charge in [0.2, 0.25) is 15.9 Å². The summed E-state index contributed by atoms with van der Waals surface area (Å²) >= 11 is 0. The molecule has 2 saturated heterocycles. The number of aromatic nitrogens is 2. The minimum Gasteiger partial charge on any atom is -0.377 e. The van der Waals surface area contributed by atoms with Crippen molar-refractivity contribution >= 4 is 27.0 Å². The van der Waals surface area contributed by atoms with Crippen LogP contribution in [0.3, 0.4) is 0 Å². The molecule has 1 unspecified atom stereocenters. The molecule has 2 fully saturated rings. The molecule has 4 rings (SSSR count). The molecule has 2 aliphatic heterocycles. The number of amides is 1. The van der Waals surface area contributed by atoms with Gasteiger partial charge < -0.3 is 14.2 Å². The third-order valence-electron chi connectivity index (χ3n) is 7.06. The van der Waals surface area contributed by atoms with Crippen LogP contribution in [-0.4, -0.2) is 96.5 Å². The highest BCUT2D eigenvalue weighted by molar-refractivity contribution is 7.89. The fraction of sp³-hybridized carbons (Fsp3) is 0.667. The maximum Gasteiger partial charge on any atom is 0.243 e. The van der Waals surface area contributed by atoms with Crippen molar-refractivity contribution in [1.29, 1.82) is 0 Å². The molecule has 9 nitrogen and oxygen atoms in total. The lowest BCUT2D eigenvalue weighted by molar-refractivity contribution is -0.133. The average Bonchev–Trinajstić information content (AvgIpc) is 3.46. The van der Waals surface area contributed by atoms with E-state index in [1.54, 1.807) is 18.2 Å². The number of hydrogen-bond donors (Lipinski definition) is 0. The number of ether oxygens (including phenoxy) is 1. The molecular formula is C24H37N5O4S. The number of carbonyl (C=O) groups excluding carboxylic acids is 1. The second-order valence-electron chi connectivity index (χ2n) is 9.14. The lowest BCUT2D eigenvalue weighted by Crippen LogP contribution is -2.50. The molecule has 10 heteroatoms. The lowest BCUT2D eigenvalue weighted by Gasteiger charge is -2.35. The predicted molar refractivity (Wildman–Crippen MR) is 131 cm³/mol. The first-order chi connectivity index (χ1) is 16.3. The van der Waals surface area contributed by atoms with Crippen LogP contribution in [0.25, 0.3) is 11.0 Å². The molecule has 1 aromatic heterocycles. The Kier molecular flexibility index (Phi) is 7.91. The summed E-state index contributed by atoms with van der Waals surface area (Å²) < 4.78 is 34.9. The molecule has 3 heterocycles. The van der Waals surface area contributed by atoms with Gasteiger partial charge in [0, 0.05) is 72.3 Å². The van der Waals surface area contributed by atoms with Crippen molar-refractivity contribution in [2.24, 2.45) is 7.05 Å². The van der Waals surface area contributed by atoms with E-state index in [0.717, 1.165) is 63.5 Å². The van der Waals surface area contributed by atoms with E-state index in [-0.39, 0.29) is 10.8 Å². The number of aryl methyl sites for hydroxylation is 2. The number of imidazole rings is 1. The van der Waals surface area contributed by atoms with Crippen LogP contribution in [0.4, 0.5) is 0 Å². The van der Waals surface area contributed by atoms with Gasteiger partial charge in [0.05, 0.1) is 22.0 Å². The quantitative estimate of drug-likeness (QED) is 0.532. The molecule has 0 aliphatic carbocycles. The van der Waals surface area contributed by atoms with Gasteiger partial charge in [-0.2, -0.15) is 4.31 Å². The molecule has 1 atom stereocenters. The molecule has 34 heavy (non-hydrogen) atoms. The minimum atomic E-state index is -3.54. The smallest absolute Gasteiger partial charge is 0.243 e. The van der Waals surface area contributed by atoms with Crippen LogP contribution in [0, 0.1) is 0 Å². The van der Waals surface area contributed by atoms with Crippen LogP contribution in [0.1, 0.15) is 38.9 Å². The Hall–Kier alpha value is -2.01. The molecule has 0 saturated carbocycles. The van der Waals surface area contributed by atoms with Crippen LogP contribution >= 0.6 is 0 Å². The van der Waals surface area contributed by atoms with Crippen molar-refractivity contribution in [2.75, 3.05) is 52.4 Å². The van der Waals surface area contributed by atoms with Gasteiger partial charge in [-0.15, -0.1) is 0 Å². The first kappa shape index (κ1) is 25.1. The summed E-state index contributed by atoms with van der Waals surface area (Å²) in [6, 6.07) is 5.08. The van der Waals surface area contributed by atoms with Gasteiger partial charge in [-0.05, 0) is 31.0 Å². The van der Waals surface area contributed by atoms with E-state index in [2.05, 4.69) is 9.88 Å². The van der Waals surface area contributed by atoms with Gasteiger partial charge >= 0.3 is 0 Å². The van der Waals surface area contributed by atoms with Crippen LogP contribution in [0.15, 0.2) is 23.1 Å². The number of rotatable bonds is 9. The monoisotopic (exact) mass is 491 g/mol. The minimum absolute atomic E-state index is 0.147. The Labute approximate surface area is 202 Å². The van der Waals surface area contributed by atoms with Gasteiger partial charge in [-0.1, -0.05) is 13.8 Å². The summed E-state index contributed by atoms with van der Waals surface area (Å²) in [6.45, 7) is 9.64. The van der Waals surface area contributed by atoms with Gasteiger partial charge in [0.15, 0.2) is 0 Å². The zero-order valence-electron chi connectivity index (χ0n) is 20.6. The number of sulfonamides is 1. The van der Waals surface area contributed by atoms with Crippen LogP contribution in [0.2, 0.25) is 0 Å². The second kappa shape index (κ2) is 10.7. The highest BCUT2D eigenvalue weighted by atomic mass is 32.2. The summed E-state index contributed by atoms with van der Waals surface area (Å²) in [7, 11) is -1.62. The first-order valence-electron chi connectivity index (χ1n) is 12.4. The SMILES string of the molecule is CCN(CC)S(=O)(=O)c1ccc2c(c1)nc(CCC(=O)N1CCN(CC3CCCO3)CC1)n2C. The molecule has 0 N–H and O–H groups in total. The first-order valence-corrected chi connectivity index (χ1v) is 13.8. The highest BCUT2D eigenvalue weighted by Gasteiger charge is 2.26. The number of nitrogens with zero attached hydrogens (tertiary/aromatic N) is 5. The molecule has 188 valence electrons. The summed E-state index contributed by atoms with van der Waals surface area (Å²) in [5.41, 5.74) is 1.50. The van der Waals surface area contributed by atoms with E-state index in [4.69, 9.17) is 4.74 Å². The van der Waals surface area contributed by atoms with E-state index < -0.39 is 10.0 Å². The molecule has 0 bridgehead atoms. The average molecular weight is 492 g/mol. The van der Waals surface area contributed by atoms with Gasteiger partial charge in [-0.3, -0.25) is 9.69 Å². The molecule has 1 amide bonds. The molecule has 0 spiro atoms. The Morgan fingerprint density at radius 1 is 1.18 bits per heavy atom. The molecular weight excluding hydrogens is 454 g/mol. The van der Waals surface area contributed by atoms with Crippen molar-refractivity contribution in [3.8, 4) is 0 Å². The normalized spacial score (nSPS) is 20.0. The lowest BCUT2D eigenvalue weighted by atomic mass is 10.2. The van der Waals surface area contributed by atoms with E-state index in [0.29, 0.717) is 37.6 Å². The van der Waals surface area contributed by atoms with E-state index in [1.165, 1.54) is 4.31 Å². The molecule has 2 aromatic rings. The van der Waals surface area contributed by atoms with Crippen molar-refractivity contribution in [2.45, 2.75) is 50.5 Å². The van der Waals surface area contributed by atoms with E-state index >= 15 is 0 Å². The Morgan fingerprint density at radius 3 is 2.56 bits per heavy atom. The second-order valence-corrected chi connectivity index (χ2v) is 11.1. The zero-order valence-corrected chi connectivity index (χ0v) is 21.4. The van der Waals surface area contributed by atoms with Crippen LogP contribution in [-0.2, 0) is 33.0 Å². The van der Waals surface area contributed by atoms with Crippen molar-refractivity contribution in [1.82, 2.24) is 23.7 Å².